The Kier molecular flexibility index (Phi) is 3.03. The molecular weight excluding hydrogens is 274 g/mol. The average Bonchev–Trinajstić information content (AvgIpc) is 2.41. The minimum atomic E-state index is -0.295. The number of rotatable bonds is 2. The number of aromatic amines is 1. The minimum absolute atomic E-state index is 0.174. The standard InChI is InChI=1S/C13H11N5OS/c14-8-6-16-9-4-2-1-3-7(9)12(8)20-13-17-10(15)5-11(19)18-13/h1-6H,14H2,(H3,15,17,18,19). The van der Waals surface area contributed by atoms with Crippen molar-refractivity contribution in [1.82, 2.24) is 15.0 Å². The van der Waals surface area contributed by atoms with Gasteiger partial charge in [-0.1, -0.05) is 18.2 Å². The number of anilines is 2. The predicted molar refractivity (Wildman–Crippen MR) is 79.5 cm³/mol. The molecule has 0 fully saturated rings. The Bertz CT molecular complexity index is 846. The van der Waals surface area contributed by atoms with E-state index in [-0.39, 0.29) is 11.4 Å². The number of fused-ring (bicyclic) bond motifs is 1. The summed E-state index contributed by atoms with van der Waals surface area (Å²) in [6.45, 7) is 0. The molecule has 0 atom stereocenters. The summed E-state index contributed by atoms with van der Waals surface area (Å²) in [5, 5.41) is 1.31. The molecule has 0 aliphatic rings. The van der Waals surface area contributed by atoms with E-state index >= 15 is 0 Å². The lowest BCUT2D eigenvalue weighted by molar-refractivity contribution is 0.946. The molecule has 0 aliphatic heterocycles. The zero-order chi connectivity index (χ0) is 14.1. The number of para-hydroxylation sites is 1. The second-order valence-electron chi connectivity index (χ2n) is 4.14. The number of aromatic nitrogens is 3. The summed E-state index contributed by atoms with van der Waals surface area (Å²) >= 11 is 1.26. The summed E-state index contributed by atoms with van der Waals surface area (Å²) in [5.41, 5.74) is 12.6. The van der Waals surface area contributed by atoms with Gasteiger partial charge in [-0.05, 0) is 17.8 Å². The van der Waals surface area contributed by atoms with Crippen molar-refractivity contribution in [2.24, 2.45) is 0 Å². The first-order valence-corrected chi connectivity index (χ1v) is 6.63. The maximum Gasteiger partial charge on any atom is 0.253 e. The number of hydrogen-bond acceptors (Lipinski definition) is 6. The van der Waals surface area contributed by atoms with Crippen molar-refractivity contribution in [1.29, 1.82) is 0 Å². The van der Waals surface area contributed by atoms with Crippen molar-refractivity contribution in [2.75, 3.05) is 11.5 Å². The summed E-state index contributed by atoms with van der Waals surface area (Å²) in [4.78, 5) is 23.2. The summed E-state index contributed by atoms with van der Waals surface area (Å²) in [6.07, 6.45) is 1.59. The second-order valence-corrected chi connectivity index (χ2v) is 5.14. The number of nitrogens with two attached hydrogens (primary N) is 2. The number of H-pyrrole nitrogens is 1. The van der Waals surface area contributed by atoms with Crippen molar-refractivity contribution >= 4 is 34.2 Å². The summed E-state index contributed by atoms with van der Waals surface area (Å²) in [6, 6.07) is 8.86. The first-order valence-electron chi connectivity index (χ1n) is 5.81. The molecule has 3 aromatic rings. The molecule has 7 heteroatoms. The lowest BCUT2D eigenvalue weighted by Gasteiger charge is -2.08. The van der Waals surface area contributed by atoms with Crippen LogP contribution in [0, 0.1) is 0 Å². The van der Waals surface area contributed by atoms with Crippen LogP contribution in [0.25, 0.3) is 10.9 Å². The van der Waals surface area contributed by atoms with E-state index in [0.29, 0.717) is 10.8 Å². The van der Waals surface area contributed by atoms with Gasteiger partial charge in [-0.3, -0.25) is 9.78 Å². The number of nitrogens with one attached hydrogen (secondary N) is 1. The molecule has 0 amide bonds. The fourth-order valence-electron chi connectivity index (χ4n) is 1.84. The maximum absolute atomic E-state index is 11.4. The fraction of sp³-hybridized carbons (Fsp3) is 0. The van der Waals surface area contributed by atoms with Gasteiger partial charge in [0.1, 0.15) is 5.82 Å². The Morgan fingerprint density at radius 3 is 2.80 bits per heavy atom. The largest absolute Gasteiger partial charge is 0.397 e. The summed E-state index contributed by atoms with van der Waals surface area (Å²) in [5.74, 6) is 0.174. The lowest BCUT2D eigenvalue weighted by atomic mass is 10.2. The Morgan fingerprint density at radius 2 is 2.00 bits per heavy atom. The van der Waals surface area contributed by atoms with Gasteiger partial charge >= 0.3 is 0 Å². The molecule has 3 rings (SSSR count). The quantitative estimate of drug-likeness (QED) is 0.617. The molecule has 100 valence electrons. The number of nitrogen functional groups attached to an aromatic ring is 2. The van der Waals surface area contributed by atoms with Gasteiger partial charge in [0.2, 0.25) is 0 Å². The van der Waals surface area contributed by atoms with Crippen LogP contribution in [0.3, 0.4) is 0 Å². The normalized spacial score (nSPS) is 10.8. The SMILES string of the molecule is Nc1cc(=O)[nH]c(Sc2c(N)cnc3ccccc23)n1. The lowest BCUT2D eigenvalue weighted by Crippen LogP contribution is -2.09. The Labute approximate surface area is 118 Å². The second kappa shape index (κ2) is 4.86. The average molecular weight is 285 g/mol. The zero-order valence-corrected chi connectivity index (χ0v) is 11.1. The van der Waals surface area contributed by atoms with Gasteiger partial charge < -0.3 is 16.5 Å². The van der Waals surface area contributed by atoms with Crippen LogP contribution in [0.5, 0.6) is 0 Å². The monoisotopic (exact) mass is 285 g/mol. The predicted octanol–water partition coefficient (Wildman–Crippen LogP) is 1.63. The molecule has 5 N–H and O–H groups in total. The van der Waals surface area contributed by atoms with Crippen LogP contribution in [-0.2, 0) is 0 Å². The number of pyridine rings is 1. The molecule has 1 aromatic carbocycles. The van der Waals surface area contributed by atoms with Gasteiger partial charge in [-0.25, -0.2) is 4.98 Å². The van der Waals surface area contributed by atoms with Gasteiger partial charge in [0.25, 0.3) is 5.56 Å². The fourth-order valence-corrected chi connectivity index (χ4v) is 2.79. The highest BCUT2D eigenvalue weighted by molar-refractivity contribution is 7.99. The van der Waals surface area contributed by atoms with E-state index in [1.807, 2.05) is 24.3 Å². The van der Waals surface area contributed by atoms with Gasteiger partial charge in [0.05, 0.1) is 17.4 Å². The van der Waals surface area contributed by atoms with Crippen LogP contribution in [0.1, 0.15) is 0 Å². The van der Waals surface area contributed by atoms with E-state index in [0.717, 1.165) is 15.8 Å². The van der Waals surface area contributed by atoms with Gasteiger partial charge in [-0.2, -0.15) is 0 Å². The van der Waals surface area contributed by atoms with Crippen molar-refractivity contribution < 1.29 is 0 Å². The Balaban J connectivity index is 2.14. The first-order chi connectivity index (χ1) is 9.63. The molecule has 0 radical (unpaired) electrons. The zero-order valence-electron chi connectivity index (χ0n) is 10.3. The van der Waals surface area contributed by atoms with E-state index in [4.69, 9.17) is 11.5 Å². The third-order valence-corrected chi connectivity index (χ3v) is 3.74. The molecular formula is C13H11N5OS. The first kappa shape index (κ1) is 12.5. The smallest absolute Gasteiger partial charge is 0.253 e. The molecule has 0 spiro atoms. The molecule has 0 bridgehead atoms. The summed E-state index contributed by atoms with van der Waals surface area (Å²) in [7, 11) is 0. The highest BCUT2D eigenvalue weighted by Gasteiger charge is 2.10. The third kappa shape index (κ3) is 2.30. The molecule has 0 aliphatic carbocycles. The van der Waals surface area contributed by atoms with Crippen LogP contribution < -0.4 is 17.0 Å². The molecule has 2 heterocycles. The molecule has 20 heavy (non-hydrogen) atoms. The number of nitrogens with zero attached hydrogens (tertiary/aromatic N) is 2. The molecule has 2 aromatic heterocycles. The van der Waals surface area contributed by atoms with E-state index in [2.05, 4.69) is 15.0 Å². The molecule has 0 saturated carbocycles. The van der Waals surface area contributed by atoms with Crippen molar-refractivity contribution in [3.63, 3.8) is 0 Å². The van der Waals surface area contributed by atoms with Crippen molar-refractivity contribution in [2.45, 2.75) is 10.1 Å². The number of benzene rings is 1. The Morgan fingerprint density at radius 1 is 1.20 bits per heavy atom. The van der Waals surface area contributed by atoms with Gasteiger partial charge in [-0.15, -0.1) is 0 Å². The third-order valence-electron chi connectivity index (χ3n) is 2.69. The van der Waals surface area contributed by atoms with Crippen LogP contribution in [0.2, 0.25) is 0 Å². The van der Waals surface area contributed by atoms with Crippen LogP contribution in [0.15, 0.2) is 51.4 Å². The van der Waals surface area contributed by atoms with Crippen molar-refractivity contribution in [3.05, 3.63) is 46.9 Å². The van der Waals surface area contributed by atoms with Crippen LogP contribution in [-0.4, -0.2) is 15.0 Å². The highest BCUT2D eigenvalue weighted by atomic mass is 32.2. The molecule has 0 saturated heterocycles. The van der Waals surface area contributed by atoms with Crippen LogP contribution in [0.4, 0.5) is 11.5 Å². The topological polar surface area (TPSA) is 111 Å². The number of hydrogen-bond donors (Lipinski definition) is 3. The maximum atomic E-state index is 11.4. The van der Waals surface area contributed by atoms with Gasteiger partial charge in [0.15, 0.2) is 5.16 Å². The minimum Gasteiger partial charge on any atom is -0.397 e. The molecule has 6 nitrogen and oxygen atoms in total. The van der Waals surface area contributed by atoms with E-state index in [9.17, 15) is 4.79 Å². The van der Waals surface area contributed by atoms with E-state index in [1.54, 1.807) is 6.20 Å². The van der Waals surface area contributed by atoms with E-state index in [1.165, 1.54) is 17.8 Å². The Hall–Kier alpha value is -2.54. The highest BCUT2D eigenvalue weighted by Crippen LogP contribution is 2.35. The van der Waals surface area contributed by atoms with Crippen molar-refractivity contribution in [3.8, 4) is 0 Å². The van der Waals surface area contributed by atoms with E-state index < -0.39 is 0 Å². The van der Waals surface area contributed by atoms with Gasteiger partial charge in [0, 0.05) is 16.3 Å². The van der Waals surface area contributed by atoms with Crippen LogP contribution >= 0.6 is 11.8 Å². The molecule has 0 unspecified atom stereocenters. The summed E-state index contributed by atoms with van der Waals surface area (Å²) < 4.78 is 0.